The highest BCUT2D eigenvalue weighted by atomic mass is 16.6. The van der Waals surface area contributed by atoms with Gasteiger partial charge < -0.3 is 14.6 Å². The number of ether oxygens (including phenoxy) is 1. The number of esters is 1. The second-order valence-electron chi connectivity index (χ2n) is 8.78. The van der Waals surface area contributed by atoms with Crippen molar-refractivity contribution in [1.29, 1.82) is 0 Å². The SMILES string of the molecule is O=C1OC2(CCC(c3nc4nc(N5CCCCC5)ncc4[nH]3)CC2)c2ccccc21. The van der Waals surface area contributed by atoms with E-state index < -0.39 is 5.60 Å². The number of carbonyl (C=O) groups is 1. The Morgan fingerprint density at radius 1 is 1.07 bits per heavy atom. The lowest BCUT2D eigenvalue weighted by molar-refractivity contribution is -0.0312. The maximum Gasteiger partial charge on any atom is 0.339 e. The van der Waals surface area contributed by atoms with Gasteiger partial charge in [0.2, 0.25) is 5.95 Å². The number of piperidine rings is 1. The van der Waals surface area contributed by atoms with Crippen molar-refractivity contribution in [1.82, 2.24) is 19.9 Å². The summed E-state index contributed by atoms with van der Waals surface area (Å²) in [6.07, 6.45) is 9.04. The van der Waals surface area contributed by atoms with Gasteiger partial charge in [0.25, 0.3) is 0 Å². The minimum absolute atomic E-state index is 0.187. The molecule has 30 heavy (non-hydrogen) atoms. The molecule has 1 aliphatic carbocycles. The third-order valence-corrected chi connectivity index (χ3v) is 6.99. The standard InChI is InChI=1S/C23H25N5O2/c29-21-16-6-2-3-7-17(16)23(30-21)10-8-15(9-11-23)19-25-18-14-24-22(27-20(18)26-19)28-12-4-1-5-13-28/h2-3,6-7,14-15H,1,4-5,8-13H2,(H,24,25,26,27). The zero-order chi connectivity index (χ0) is 20.1. The van der Waals surface area contributed by atoms with E-state index in [2.05, 4.69) is 14.9 Å². The zero-order valence-corrected chi connectivity index (χ0v) is 16.9. The Bertz CT molecular complexity index is 1110. The Morgan fingerprint density at radius 3 is 2.70 bits per heavy atom. The molecule has 3 aliphatic rings. The summed E-state index contributed by atoms with van der Waals surface area (Å²) in [5.41, 5.74) is 2.95. The number of anilines is 1. The van der Waals surface area contributed by atoms with Crippen molar-refractivity contribution >= 4 is 23.1 Å². The Morgan fingerprint density at radius 2 is 1.87 bits per heavy atom. The number of rotatable bonds is 2. The van der Waals surface area contributed by atoms with Crippen molar-refractivity contribution < 1.29 is 9.53 Å². The molecular weight excluding hydrogens is 378 g/mol. The first-order chi connectivity index (χ1) is 14.7. The van der Waals surface area contributed by atoms with Crippen LogP contribution in [-0.2, 0) is 10.3 Å². The summed E-state index contributed by atoms with van der Waals surface area (Å²) in [5, 5.41) is 0. The summed E-state index contributed by atoms with van der Waals surface area (Å²) >= 11 is 0. The van der Waals surface area contributed by atoms with Gasteiger partial charge in [-0.1, -0.05) is 18.2 Å². The number of hydrogen-bond acceptors (Lipinski definition) is 6. The molecule has 0 amide bonds. The molecule has 3 aromatic rings. The molecule has 7 heteroatoms. The number of imidazole rings is 1. The molecule has 1 aromatic carbocycles. The van der Waals surface area contributed by atoms with Crippen LogP contribution in [-0.4, -0.2) is 39.0 Å². The second kappa shape index (κ2) is 6.79. The number of aromatic amines is 1. The highest BCUT2D eigenvalue weighted by Gasteiger charge is 2.47. The molecule has 1 spiro atoms. The largest absolute Gasteiger partial charge is 0.451 e. The van der Waals surface area contributed by atoms with Crippen LogP contribution in [0.4, 0.5) is 5.95 Å². The van der Waals surface area contributed by atoms with Gasteiger partial charge in [-0.2, -0.15) is 4.98 Å². The summed E-state index contributed by atoms with van der Waals surface area (Å²) in [7, 11) is 0. The van der Waals surface area contributed by atoms with E-state index in [4.69, 9.17) is 14.7 Å². The Kier molecular flexibility index (Phi) is 4.04. The lowest BCUT2D eigenvalue weighted by atomic mass is 9.75. The third kappa shape index (κ3) is 2.79. The highest BCUT2D eigenvalue weighted by molar-refractivity contribution is 5.94. The molecule has 0 bridgehead atoms. The van der Waals surface area contributed by atoms with E-state index in [1.165, 1.54) is 19.3 Å². The summed E-state index contributed by atoms with van der Waals surface area (Å²) < 4.78 is 5.89. The highest BCUT2D eigenvalue weighted by Crippen LogP contribution is 2.49. The number of nitrogens with one attached hydrogen (secondary N) is 1. The van der Waals surface area contributed by atoms with E-state index in [0.29, 0.717) is 5.92 Å². The number of H-pyrrole nitrogens is 1. The molecule has 4 heterocycles. The van der Waals surface area contributed by atoms with Gasteiger partial charge in [0, 0.05) is 24.6 Å². The first-order valence-corrected chi connectivity index (χ1v) is 11.0. The molecule has 1 saturated carbocycles. The van der Waals surface area contributed by atoms with Gasteiger partial charge in [-0.15, -0.1) is 0 Å². The molecule has 2 aromatic heterocycles. The second-order valence-corrected chi connectivity index (χ2v) is 8.78. The molecule has 0 atom stereocenters. The van der Waals surface area contributed by atoms with Crippen LogP contribution < -0.4 is 4.90 Å². The maximum atomic E-state index is 12.3. The quantitative estimate of drug-likeness (QED) is 0.650. The first-order valence-electron chi connectivity index (χ1n) is 11.0. The van der Waals surface area contributed by atoms with Crippen LogP contribution in [0.25, 0.3) is 11.2 Å². The molecule has 0 unspecified atom stereocenters. The van der Waals surface area contributed by atoms with Crippen LogP contribution in [0.2, 0.25) is 0 Å². The van der Waals surface area contributed by atoms with Crippen molar-refractivity contribution in [2.75, 3.05) is 18.0 Å². The van der Waals surface area contributed by atoms with Crippen molar-refractivity contribution in [3.05, 3.63) is 47.4 Å². The van der Waals surface area contributed by atoms with E-state index in [9.17, 15) is 4.79 Å². The summed E-state index contributed by atoms with van der Waals surface area (Å²) in [6.45, 7) is 2.04. The van der Waals surface area contributed by atoms with Crippen LogP contribution >= 0.6 is 0 Å². The lowest BCUT2D eigenvalue weighted by Crippen LogP contribution is -2.31. The minimum Gasteiger partial charge on any atom is -0.451 e. The third-order valence-electron chi connectivity index (χ3n) is 6.99. The van der Waals surface area contributed by atoms with Crippen LogP contribution in [0.1, 0.15) is 72.6 Å². The molecule has 154 valence electrons. The smallest absolute Gasteiger partial charge is 0.339 e. The molecule has 1 N–H and O–H groups in total. The van der Waals surface area contributed by atoms with Crippen LogP contribution in [0.3, 0.4) is 0 Å². The van der Waals surface area contributed by atoms with Gasteiger partial charge in [0.15, 0.2) is 5.65 Å². The first kappa shape index (κ1) is 17.9. The lowest BCUT2D eigenvalue weighted by Gasteiger charge is -2.35. The summed E-state index contributed by atoms with van der Waals surface area (Å²) in [6, 6.07) is 7.81. The summed E-state index contributed by atoms with van der Waals surface area (Å²) in [5.74, 6) is 1.89. The van der Waals surface area contributed by atoms with Gasteiger partial charge >= 0.3 is 5.97 Å². The van der Waals surface area contributed by atoms with Gasteiger partial charge in [-0.3, -0.25) is 0 Å². The Hall–Kier alpha value is -2.96. The van der Waals surface area contributed by atoms with Crippen molar-refractivity contribution in [2.24, 2.45) is 0 Å². The number of hydrogen-bond donors (Lipinski definition) is 1. The average Bonchev–Trinajstić information content (AvgIpc) is 3.34. The van der Waals surface area contributed by atoms with Crippen LogP contribution in [0.15, 0.2) is 30.5 Å². The molecule has 1 saturated heterocycles. The van der Waals surface area contributed by atoms with Crippen molar-refractivity contribution in [3.8, 4) is 0 Å². The van der Waals surface area contributed by atoms with E-state index >= 15 is 0 Å². The predicted molar refractivity (Wildman–Crippen MR) is 112 cm³/mol. The number of aromatic nitrogens is 4. The normalized spacial score (nSPS) is 26.2. The van der Waals surface area contributed by atoms with Gasteiger partial charge in [-0.25, -0.2) is 14.8 Å². The number of carbonyl (C=O) groups excluding carboxylic acids is 1. The number of nitrogens with zero attached hydrogens (tertiary/aromatic N) is 4. The van der Waals surface area contributed by atoms with Gasteiger partial charge in [0.05, 0.1) is 11.8 Å². The average molecular weight is 403 g/mol. The number of fused-ring (bicyclic) bond motifs is 3. The predicted octanol–water partition coefficient (Wildman–Crippen LogP) is 4.07. The van der Waals surface area contributed by atoms with E-state index in [1.54, 1.807) is 0 Å². The maximum absolute atomic E-state index is 12.3. The Labute approximate surface area is 174 Å². The fourth-order valence-electron chi connectivity index (χ4n) is 5.33. The fourth-order valence-corrected chi connectivity index (χ4v) is 5.33. The number of benzene rings is 1. The van der Waals surface area contributed by atoms with E-state index in [0.717, 1.165) is 72.8 Å². The summed E-state index contributed by atoms with van der Waals surface area (Å²) in [4.78, 5) is 32.1. The van der Waals surface area contributed by atoms with Crippen LogP contribution in [0, 0.1) is 0 Å². The van der Waals surface area contributed by atoms with E-state index in [1.807, 2.05) is 30.5 Å². The van der Waals surface area contributed by atoms with Gasteiger partial charge in [-0.05, 0) is 51.0 Å². The molecule has 7 nitrogen and oxygen atoms in total. The molecule has 0 radical (unpaired) electrons. The topological polar surface area (TPSA) is 84.0 Å². The fraction of sp³-hybridized carbons (Fsp3) is 0.478. The monoisotopic (exact) mass is 403 g/mol. The minimum atomic E-state index is -0.461. The van der Waals surface area contributed by atoms with Crippen LogP contribution in [0.5, 0.6) is 0 Å². The van der Waals surface area contributed by atoms with Gasteiger partial charge in [0.1, 0.15) is 16.9 Å². The molecular formula is C23H25N5O2. The van der Waals surface area contributed by atoms with E-state index in [-0.39, 0.29) is 5.97 Å². The van der Waals surface area contributed by atoms with Crippen molar-refractivity contribution in [2.45, 2.75) is 56.5 Å². The molecule has 6 rings (SSSR count). The van der Waals surface area contributed by atoms with Crippen molar-refractivity contribution in [3.63, 3.8) is 0 Å². The zero-order valence-electron chi connectivity index (χ0n) is 16.9. The molecule has 2 fully saturated rings. The Balaban J connectivity index is 1.22. The molecule has 2 aliphatic heterocycles.